The highest BCUT2D eigenvalue weighted by molar-refractivity contribution is 7.92. The third-order valence-corrected chi connectivity index (χ3v) is 7.30. The maximum absolute atomic E-state index is 12.8. The lowest BCUT2D eigenvalue weighted by Gasteiger charge is -2.15. The number of non-ortho nitro benzene ring substituents is 1. The molecule has 0 bridgehead atoms. The molecule has 0 spiro atoms. The molecule has 1 fully saturated rings. The summed E-state index contributed by atoms with van der Waals surface area (Å²) in [5.74, 6) is 0. The average molecular weight is 417 g/mol. The Hall–Kier alpha value is -2.94. The average Bonchev–Trinajstić information content (AvgIpc) is 2.99. The van der Waals surface area contributed by atoms with Crippen molar-refractivity contribution in [3.05, 3.63) is 58.6 Å². The maximum atomic E-state index is 12.8. The van der Waals surface area contributed by atoms with E-state index in [2.05, 4.69) is 10.6 Å². The van der Waals surface area contributed by atoms with Crippen molar-refractivity contribution >= 4 is 32.9 Å². The Morgan fingerprint density at radius 1 is 0.862 bits per heavy atom. The second kappa shape index (κ2) is 9.04. The standard InChI is InChI=1S/C20H23N3O5S/c24-20(21-15-7-11-17(12-8-15)23(25)26)22-16-9-13-19(14-10-16)29(27,28)18-5-3-1-2-4-6-18/h7-14,18H,1-6H2,(H2,21,22,24). The number of nitrogens with one attached hydrogen (secondary N) is 2. The molecule has 0 radical (unpaired) electrons. The Bertz CT molecular complexity index is 964. The monoisotopic (exact) mass is 417 g/mol. The number of carbonyl (C=O) groups excluding carboxylic acids is 1. The van der Waals surface area contributed by atoms with Gasteiger partial charge in [-0.05, 0) is 49.2 Å². The molecule has 0 unspecified atom stereocenters. The SMILES string of the molecule is O=C(Nc1ccc([N+](=O)[O-])cc1)Nc1ccc(S(=O)(=O)C2CCCCCC2)cc1. The number of carbonyl (C=O) groups is 1. The van der Waals surface area contributed by atoms with Crippen molar-refractivity contribution in [1.82, 2.24) is 0 Å². The zero-order valence-corrected chi connectivity index (χ0v) is 16.7. The second-order valence-corrected chi connectivity index (χ2v) is 9.29. The van der Waals surface area contributed by atoms with Crippen LogP contribution in [0.3, 0.4) is 0 Å². The zero-order chi connectivity index (χ0) is 20.9. The van der Waals surface area contributed by atoms with Gasteiger partial charge in [0.2, 0.25) is 0 Å². The lowest BCUT2D eigenvalue weighted by atomic mass is 10.2. The number of amides is 2. The van der Waals surface area contributed by atoms with E-state index < -0.39 is 20.8 Å². The molecule has 9 heteroatoms. The van der Waals surface area contributed by atoms with E-state index in [1.54, 1.807) is 12.1 Å². The van der Waals surface area contributed by atoms with E-state index in [0.717, 1.165) is 25.7 Å². The summed E-state index contributed by atoms with van der Waals surface area (Å²) in [6, 6.07) is 11.1. The molecule has 2 N–H and O–H groups in total. The number of urea groups is 1. The zero-order valence-electron chi connectivity index (χ0n) is 15.8. The molecular formula is C20H23N3O5S. The van der Waals surface area contributed by atoms with Crippen LogP contribution in [0.5, 0.6) is 0 Å². The van der Waals surface area contributed by atoms with E-state index in [-0.39, 0.29) is 15.8 Å². The minimum absolute atomic E-state index is 0.0681. The van der Waals surface area contributed by atoms with Gasteiger partial charge in [0, 0.05) is 23.5 Å². The summed E-state index contributed by atoms with van der Waals surface area (Å²) < 4.78 is 25.7. The van der Waals surface area contributed by atoms with Gasteiger partial charge in [-0.1, -0.05) is 25.7 Å². The quantitative estimate of drug-likeness (QED) is 0.414. The van der Waals surface area contributed by atoms with Crippen LogP contribution in [0, 0.1) is 10.1 Å². The molecule has 0 aromatic heterocycles. The van der Waals surface area contributed by atoms with Crippen LogP contribution < -0.4 is 10.6 Å². The van der Waals surface area contributed by atoms with Crippen LogP contribution in [0.2, 0.25) is 0 Å². The summed E-state index contributed by atoms with van der Waals surface area (Å²) >= 11 is 0. The Morgan fingerprint density at radius 3 is 1.83 bits per heavy atom. The topological polar surface area (TPSA) is 118 Å². The summed E-state index contributed by atoms with van der Waals surface area (Å²) in [6.45, 7) is 0. The van der Waals surface area contributed by atoms with Gasteiger partial charge < -0.3 is 10.6 Å². The highest BCUT2D eigenvalue weighted by Crippen LogP contribution is 2.28. The van der Waals surface area contributed by atoms with Gasteiger partial charge in [-0.3, -0.25) is 10.1 Å². The molecule has 1 saturated carbocycles. The number of anilines is 2. The van der Waals surface area contributed by atoms with Crippen molar-refractivity contribution < 1.29 is 18.1 Å². The predicted molar refractivity (Wildman–Crippen MR) is 111 cm³/mol. The van der Waals surface area contributed by atoms with Crippen molar-refractivity contribution in [1.29, 1.82) is 0 Å². The molecule has 0 heterocycles. The van der Waals surface area contributed by atoms with Crippen LogP contribution in [0.25, 0.3) is 0 Å². The highest BCUT2D eigenvalue weighted by Gasteiger charge is 2.27. The lowest BCUT2D eigenvalue weighted by molar-refractivity contribution is -0.384. The number of benzene rings is 2. The molecule has 0 saturated heterocycles. The number of nitro benzene ring substituents is 1. The van der Waals surface area contributed by atoms with Crippen LogP contribution in [-0.2, 0) is 9.84 Å². The van der Waals surface area contributed by atoms with Gasteiger partial charge in [0.05, 0.1) is 15.1 Å². The first-order valence-corrected chi connectivity index (χ1v) is 11.1. The summed E-state index contributed by atoms with van der Waals surface area (Å²) in [6.07, 6.45) is 5.43. The molecule has 29 heavy (non-hydrogen) atoms. The number of nitrogens with zero attached hydrogens (tertiary/aromatic N) is 1. The third-order valence-electron chi connectivity index (χ3n) is 5.02. The molecular weight excluding hydrogens is 394 g/mol. The normalized spacial score (nSPS) is 15.3. The van der Waals surface area contributed by atoms with Gasteiger partial charge in [-0.2, -0.15) is 0 Å². The van der Waals surface area contributed by atoms with Gasteiger partial charge in [0.1, 0.15) is 0 Å². The summed E-state index contributed by atoms with van der Waals surface area (Å²) in [5.41, 5.74) is 0.784. The maximum Gasteiger partial charge on any atom is 0.323 e. The van der Waals surface area contributed by atoms with Crippen molar-refractivity contribution in [3.8, 4) is 0 Å². The first-order chi connectivity index (χ1) is 13.9. The molecule has 1 aliphatic carbocycles. The number of hydrogen-bond acceptors (Lipinski definition) is 5. The summed E-state index contributed by atoms with van der Waals surface area (Å²) in [7, 11) is -3.37. The van der Waals surface area contributed by atoms with Gasteiger partial charge in [-0.15, -0.1) is 0 Å². The van der Waals surface area contributed by atoms with Gasteiger partial charge in [0.25, 0.3) is 5.69 Å². The van der Waals surface area contributed by atoms with Crippen molar-refractivity contribution in [2.24, 2.45) is 0 Å². The van der Waals surface area contributed by atoms with E-state index in [1.165, 1.54) is 36.4 Å². The fourth-order valence-corrected chi connectivity index (χ4v) is 5.29. The smallest absolute Gasteiger partial charge is 0.308 e. The molecule has 154 valence electrons. The summed E-state index contributed by atoms with van der Waals surface area (Å²) in [5, 5.41) is 15.5. The number of sulfone groups is 1. The number of rotatable bonds is 5. The van der Waals surface area contributed by atoms with E-state index in [1.807, 2.05) is 0 Å². The Morgan fingerprint density at radius 2 is 1.34 bits per heavy atom. The Labute approximate surface area is 169 Å². The van der Waals surface area contributed by atoms with E-state index in [0.29, 0.717) is 24.2 Å². The molecule has 2 aromatic carbocycles. The van der Waals surface area contributed by atoms with Gasteiger partial charge >= 0.3 is 6.03 Å². The van der Waals surface area contributed by atoms with Gasteiger partial charge in [0.15, 0.2) is 9.84 Å². The minimum atomic E-state index is -3.37. The second-order valence-electron chi connectivity index (χ2n) is 7.07. The molecule has 8 nitrogen and oxygen atoms in total. The van der Waals surface area contributed by atoms with Crippen molar-refractivity contribution in [2.45, 2.75) is 48.7 Å². The van der Waals surface area contributed by atoms with Crippen LogP contribution in [0.15, 0.2) is 53.4 Å². The fraction of sp³-hybridized carbons (Fsp3) is 0.350. The minimum Gasteiger partial charge on any atom is -0.308 e. The van der Waals surface area contributed by atoms with E-state index >= 15 is 0 Å². The molecule has 3 rings (SSSR count). The molecule has 2 amide bonds. The fourth-order valence-electron chi connectivity index (χ4n) is 3.43. The molecule has 0 atom stereocenters. The number of nitro groups is 1. The van der Waals surface area contributed by atoms with Crippen LogP contribution in [0.4, 0.5) is 21.9 Å². The Balaban J connectivity index is 1.62. The van der Waals surface area contributed by atoms with E-state index in [4.69, 9.17) is 0 Å². The van der Waals surface area contributed by atoms with Crippen molar-refractivity contribution in [3.63, 3.8) is 0 Å². The number of hydrogen-bond donors (Lipinski definition) is 2. The highest BCUT2D eigenvalue weighted by atomic mass is 32.2. The first-order valence-electron chi connectivity index (χ1n) is 9.53. The Kier molecular flexibility index (Phi) is 6.48. The molecule has 0 aliphatic heterocycles. The first kappa shape index (κ1) is 20.8. The summed E-state index contributed by atoms with van der Waals surface area (Å²) in [4.78, 5) is 22.5. The molecule has 2 aromatic rings. The van der Waals surface area contributed by atoms with Crippen LogP contribution >= 0.6 is 0 Å². The van der Waals surface area contributed by atoms with Crippen molar-refractivity contribution in [2.75, 3.05) is 10.6 Å². The lowest BCUT2D eigenvalue weighted by Crippen LogP contribution is -2.21. The third kappa shape index (κ3) is 5.32. The van der Waals surface area contributed by atoms with E-state index in [9.17, 15) is 23.3 Å². The molecule has 1 aliphatic rings. The largest absolute Gasteiger partial charge is 0.323 e. The predicted octanol–water partition coefficient (Wildman–Crippen LogP) is 4.74. The van der Waals surface area contributed by atoms with Gasteiger partial charge in [-0.25, -0.2) is 13.2 Å². The van der Waals surface area contributed by atoms with Crippen LogP contribution in [0.1, 0.15) is 38.5 Å². The van der Waals surface area contributed by atoms with Crippen LogP contribution in [-0.4, -0.2) is 24.6 Å².